The Labute approximate surface area is 142 Å². The van der Waals surface area contributed by atoms with Crippen molar-refractivity contribution in [2.24, 2.45) is 5.92 Å². The van der Waals surface area contributed by atoms with E-state index in [1.54, 1.807) is 18.3 Å². The molecule has 2 N–H and O–H groups in total. The summed E-state index contributed by atoms with van der Waals surface area (Å²) in [4.78, 5) is 16.2. The lowest BCUT2D eigenvalue weighted by atomic mass is 9.99. The smallest absolute Gasteiger partial charge is 0.244 e. The average Bonchev–Trinajstić information content (AvgIpc) is 3.15. The molecule has 1 aromatic heterocycles. The van der Waals surface area contributed by atoms with Crippen molar-refractivity contribution in [2.75, 3.05) is 26.2 Å². The summed E-state index contributed by atoms with van der Waals surface area (Å²) in [6.45, 7) is 2.37. The van der Waals surface area contributed by atoms with E-state index in [-0.39, 0.29) is 22.8 Å². The number of nitrogens with zero attached hydrogens (tertiary/aromatic N) is 2. The number of sulfonamides is 1. The lowest BCUT2D eigenvalue weighted by molar-refractivity contribution is -0.123. The Kier molecular flexibility index (Phi) is 5.47. The second-order valence-corrected chi connectivity index (χ2v) is 8.39. The Morgan fingerprint density at radius 2 is 2.25 bits per heavy atom. The van der Waals surface area contributed by atoms with Crippen LogP contribution < -0.4 is 10.6 Å². The zero-order valence-electron chi connectivity index (χ0n) is 13.6. The van der Waals surface area contributed by atoms with E-state index in [9.17, 15) is 13.2 Å². The van der Waals surface area contributed by atoms with Crippen molar-refractivity contribution in [3.63, 3.8) is 0 Å². The fourth-order valence-corrected chi connectivity index (χ4v) is 4.86. The van der Waals surface area contributed by atoms with E-state index in [4.69, 9.17) is 0 Å². The molecule has 1 aromatic rings. The molecule has 0 radical (unpaired) electrons. The molecule has 8 heteroatoms. The zero-order valence-corrected chi connectivity index (χ0v) is 14.5. The average molecular weight is 352 g/mol. The first-order valence-electron chi connectivity index (χ1n) is 8.48. The Morgan fingerprint density at radius 1 is 1.38 bits per heavy atom. The Hall–Kier alpha value is -1.51. The molecule has 1 amide bonds. The monoisotopic (exact) mass is 352 g/mol. The van der Waals surface area contributed by atoms with Gasteiger partial charge in [-0.1, -0.05) is 0 Å². The first kappa shape index (κ1) is 17.3. The molecule has 2 aliphatic rings. The van der Waals surface area contributed by atoms with E-state index in [2.05, 4.69) is 15.6 Å². The van der Waals surface area contributed by atoms with Gasteiger partial charge in [-0.3, -0.25) is 9.78 Å². The van der Waals surface area contributed by atoms with E-state index in [1.165, 1.54) is 10.5 Å². The van der Waals surface area contributed by atoms with Gasteiger partial charge in [0, 0.05) is 32.0 Å². The summed E-state index contributed by atoms with van der Waals surface area (Å²) < 4.78 is 26.8. The minimum atomic E-state index is -3.50. The number of pyridine rings is 1. The number of carbonyl (C=O) groups is 1. The first-order valence-corrected chi connectivity index (χ1v) is 9.92. The molecule has 2 atom stereocenters. The third kappa shape index (κ3) is 3.93. The largest absolute Gasteiger partial charge is 0.354 e. The number of rotatable bonds is 5. The molecule has 2 fully saturated rings. The van der Waals surface area contributed by atoms with Gasteiger partial charge in [-0.2, -0.15) is 4.31 Å². The van der Waals surface area contributed by atoms with E-state index in [0.717, 1.165) is 32.2 Å². The van der Waals surface area contributed by atoms with Gasteiger partial charge in [0.15, 0.2) is 0 Å². The predicted octanol–water partition coefficient (Wildman–Crippen LogP) is 0.350. The zero-order chi connectivity index (χ0) is 17.0. The van der Waals surface area contributed by atoms with Gasteiger partial charge in [0.2, 0.25) is 15.9 Å². The molecule has 0 aliphatic carbocycles. The van der Waals surface area contributed by atoms with Crippen LogP contribution in [0.5, 0.6) is 0 Å². The summed E-state index contributed by atoms with van der Waals surface area (Å²) in [5.74, 6) is 0.176. The van der Waals surface area contributed by atoms with E-state index < -0.39 is 10.0 Å². The summed E-state index contributed by atoms with van der Waals surface area (Å²) in [7, 11) is -3.50. The van der Waals surface area contributed by atoms with Crippen LogP contribution in [-0.2, 0) is 14.8 Å². The molecule has 7 nitrogen and oxygen atoms in total. The second kappa shape index (κ2) is 7.58. The lowest BCUT2D eigenvalue weighted by Crippen LogP contribution is -2.46. The van der Waals surface area contributed by atoms with Crippen molar-refractivity contribution in [1.29, 1.82) is 0 Å². The van der Waals surface area contributed by atoms with Crippen LogP contribution in [0.3, 0.4) is 0 Å². The van der Waals surface area contributed by atoms with Crippen LogP contribution in [0.2, 0.25) is 0 Å². The highest BCUT2D eigenvalue weighted by Crippen LogP contribution is 2.23. The van der Waals surface area contributed by atoms with Crippen LogP contribution in [0.15, 0.2) is 29.4 Å². The third-order valence-corrected chi connectivity index (χ3v) is 6.54. The molecular weight excluding hydrogens is 328 g/mol. The molecule has 0 spiro atoms. The number of amides is 1. The Balaban J connectivity index is 1.57. The number of piperidine rings is 1. The topological polar surface area (TPSA) is 91.4 Å². The summed E-state index contributed by atoms with van der Waals surface area (Å²) in [5.41, 5.74) is 0. The summed E-state index contributed by atoms with van der Waals surface area (Å²) >= 11 is 0. The predicted molar refractivity (Wildman–Crippen MR) is 89.8 cm³/mol. The van der Waals surface area contributed by atoms with E-state index >= 15 is 0 Å². The molecule has 2 unspecified atom stereocenters. The van der Waals surface area contributed by atoms with Crippen LogP contribution in [0.25, 0.3) is 0 Å². The molecule has 24 heavy (non-hydrogen) atoms. The van der Waals surface area contributed by atoms with E-state index in [1.807, 2.05) is 0 Å². The van der Waals surface area contributed by atoms with Crippen molar-refractivity contribution < 1.29 is 13.2 Å². The van der Waals surface area contributed by atoms with Gasteiger partial charge in [-0.05, 0) is 50.3 Å². The van der Waals surface area contributed by atoms with Crippen molar-refractivity contribution in [2.45, 2.75) is 36.6 Å². The Morgan fingerprint density at radius 3 is 2.96 bits per heavy atom. The standard InChI is InChI=1S/C16H24N4O3S/c21-16(15-6-2-8-18-15)19-10-13-4-3-9-20(12-13)24(22,23)14-5-1-7-17-11-14/h1,5,7,11,13,15,18H,2-4,6,8-10,12H2,(H,19,21). The number of hydrogen-bond donors (Lipinski definition) is 2. The summed E-state index contributed by atoms with van der Waals surface area (Å²) in [6.07, 6.45) is 6.58. The van der Waals surface area contributed by atoms with Crippen molar-refractivity contribution >= 4 is 15.9 Å². The first-order chi connectivity index (χ1) is 11.6. The highest BCUT2D eigenvalue weighted by molar-refractivity contribution is 7.89. The molecule has 0 bridgehead atoms. The van der Waals surface area contributed by atoms with Crippen molar-refractivity contribution in [3.8, 4) is 0 Å². The fraction of sp³-hybridized carbons (Fsp3) is 0.625. The van der Waals surface area contributed by atoms with Crippen LogP contribution in [0, 0.1) is 5.92 Å². The molecule has 0 aromatic carbocycles. The summed E-state index contributed by atoms with van der Waals surface area (Å²) in [6, 6.07) is 3.10. The van der Waals surface area contributed by atoms with Crippen molar-refractivity contribution in [1.82, 2.24) is 19.9 Å². The van der Waals surface area contributed by atoms with Gasteiger partial charge >= 0.3 is 0 Å². The Bertz CT molecular complexity index is 659. The van der Waals surface area contributed by atoms with Gasteiger partial charge < -0.3 is 10.6 Å². The minimum Gasteiger partial charge on any atom is -0.354 e. The highest BCUT2D eigenvalue weighted by atomic mass is 32.2. The molecule has 0 saturated carbocycles. The maximum Gasteiger partial charge on any atom is 0.244 e. The van der Waals surface area contributed by atoms with Crippen LogP contribution in [-0.4, -0.2) is 55.8 Å². The quantitative estimate of drug-likeness (QED) is 0.798. The molecular formula is C16H24N4O3S. The second-order valence-electron chi connectivity index (χ2n) is 6.45. The maximum atomic E-state index is 12.7. The van der Waals surface area contributed by atoms with E-state index in [0.29, 0.717) is 19.6 Å². The third-order valence-electron chi connectivity index (χ3n) is 4.70. The molecule has 3 rings (SSSR count). The van der Waals surface area contributed by atoms with Gasteiger partial charge in [0.25, 0.3) is 0 Å². The number of nitrogens with one attached hydrogen (secondary N) is 2. The number of aromatic nitrogens is 1. The molecule has 2 saturated heterocycles. The number of hydrogen-bond acceptors (Lipinski definition) is 5. The van der Waals surface area contributed by atoms with Gasteiger partial charge in [0.1, 0.15) is 4.90 Å². The maximum absolute atomic E-state index is 12.7. The van der Waals surface area contributed by atoms with Gasteiger partial charge in [-0.15, -0.1) is 0 Å². The molecule has 2 aliphatic heterocycles. The van der Waals surface area contributed by atoms with Crippen LogP contribution in [0.1, 0.15) is 25.7 Å². The van der Waals surface area contributed by atoms with Crippen molar-refractivity contribution in [3.05, 3.63) is 24.5 Å². The van der Waals surface area contributed by atoms with Gasteiger partial charge in [-0.25, -0.2) is 8.42 Å². The van der Waals surface area contributed by atoms with Crippen LogP contribution in [0.4, 0.5) is 0 Å². The molecule has 3 heterocycles. The minimum absolute atomic E-state index is 0.0275. The molecule has 132 valence electrons. The number of carbonyl (C=O) groups excluding carboxylic acids is 1. The SMILES string of the molecule is O=C(NCC1CCCN(S(=O)(=O)c2cccnc2)C1)C1CCCN1. The highest BCUT2D eigenvalue weighted by Gasteiger charge is 2.31. The van der Waals surface area contributed by atoms with Gasteiger partial charge in [0.05, 0.1) is 6.04 Å². The summed E-state index contributed by atoms with van der Waals surface area (Å²) in [5, 5.41) is 6.14. The lowest BCUT2D eigenvalue weighted by Gasteiger charge is -2.32. The normalized spacial score (nSPS) is 25.5. The fourth-order valence-electron chi connectivity index (χ4n) is 3.34. The van der Waals surface area contributed by atoms with Crippen LogP contribution >= 0.6 is 0 Å².